The highest BCUT2D eigenvalue weighted by molar-refractivity contribution is 5.73. The van der Waals surface area contributed by atoms with Crippen molar-refractivity contribution in [3.05, 3.63) is 12.2 Å². The van der Waals surface area contributed by atoms with Gasteiger partial charge in [0.05, 0.1) is 13.0 Å². The maximum atomic E-state index is 11.4. The van der Waals surface area contributed by atoms with Gasteiger partial charge in [0, 0.05) is 0 Å². The van der Waals surface area contributed by atoms with Crippen molar-refractivity contribution >= 4 is 5.97 Å². The number of ether oxygens (including phenoxy) is 1. The van der Waals surface area contributed by atoms with Crippen LogP contribution in [0.25, 0.3) is 0 Å². The number of rotatable bonds is 5. The number of carbonyl (C=O) groups is 1. The molecule has 0 unspecified atom stereocenters. The third kappa shape index (κ3) is 3.37. The van der Waals surface area contributed by atoms with Gasteiger partial charge in [0.25, 0.3) is 0 Å². The minimum absolute atomic E-state index is 0.0610. The van der Waals surface area contributed by atoms with E-state index in [4.69, 9.17) is 4.74 Å². The van der Waals surface area contributed by atoms with Crippen LogP contribution in [0.2, 0.25) is 0 Å². The summed E-state index contributed by atoms with van der Waals surface area (Å²) in [7, 11) is 1.47. The van der Waals surface area contributed by atoms with E-state index in [1.807, 2.05) is 0 Å². The van der Waals surface area contributed by atoms with Gasteiger partial charge in [-0.25, -0.2) is 0 Å². The minimum atomic E-state index is -0.0610. The molecule has 0 amide bonds. The molecule has 1 fully saturated rings. The van der Waals surface area contributed by atoms with Gasteiger partial charge in [0.15, 0.2) is 0 Å². The van der Waals surface area contributed by atoms with E-state index < -0.39 is 0 Å². The Morgan fingerprint density at radius 3 is 2.87 bits per heavy atom. The summed E-state index contributed by atoms with van der Waals surface area (Å²) in [4.78, 5) is 11.4. The number of esters is 1. The highest BCUT2D eigenvalue weighted by Gasteiger charge is 2.32. The normalized spacial score (nSPS) is 25.6. The highest BCUT2D eigenvalue weighted by Crippen LogP contribution is 2.38. The molecule has 0 aromatic rings. The number of unbranched alkanes of at least 4 members (excludes halogenated alkanes) is 2. The van der Waals surface area contributed by atoms with Crippen LogP contribution in [-0.4, -0.2) is 13.1 Å². The zero-order chi connectivity index (χ0) is 11.3. The van der Waals surface area contributed by atoms with Gasteiger partial charge in [0.2, 0.25) is 0 Å². The van der Waals surface area contributed by atoms with Crippen LogP contribution in [0.4, 0.5) is 0 Å². The van der Waals surface area contributed by atoms with Crippen LogP contribution >= 0.6 is 0 Å². The number of hydrogen-bond donors (Lipinski definition) is 0. The van der Waals surface area contributed by atoms with E-state index in [0.29, 0.717) is 5.92 Å². The molecule has 0 aromatic heterocycles. The fraction of sp³-hybridized carbons (Fsp3) is 0.769. The van der Waals surface area contributed by atoms with Crippen LogP contribution < -0.4 is 0 Å². The molecule has 0 bridgehead atoms. The molecule has 2 nitrogen and oxygen atoms in total. The van der Waals surface area contributed by atoms with Crippen molar-refractivity contribution in [2.45, 2.75) is 45.4 Å². The second-order valence-electron chi connectivity index (χ2n) is 4.51. The number of methoxy groups -OCH3 is 1. The summed E-state index contributed by atoms with van der Waals surface area (Å²) in [6.07, 6.45) is 6.78. The van der Waals surface area contributed by atoms with Crippen LogP contribution in [0.15, 0.2) is 12.2 Å². The number of allylic oxidation sites excluding steroid dienone is 1. The smallest absolute Gasteiger partial charge is 0.308 e. The molecule has 1 rings (SSSR count). The van der Waals surface area contributed by atoms with E-state index in [0.717, 1.165) is 12.8 Å². The van der Waals surface area contributed by atoms with Crippen molar-refractivity contribution in [3.8, 4) is 0 Å². The molecule has 0 aromatic carbocycles. The Hall–Kier alpha value is -0.790. The van der Waals surface area contributed by atoms with Crippen LogP contribution in [0.3, 0.4) is 0 Å². The topological polar surface area (TPSA) is 26.3 Å². The maximum absolute atomic E-state index is 11.4. The summed E-state index contributed by atoms with van der Waals surface area (Å²) in [5, 5.41) is 0. The third-order valence-corrected chi connectivity index (χ3v) is 3.35. The minimum Gasteiger partial charge on any atom is -0.469 e. The molecule has 2 atom stereocenters. The Balaban J connectivity index is 2.35. The van der Waals surface area contributed by atoms with E-state index in [2.05, 4.69) is 13.5 Å². The molecular formula is C13H22O2. The lowest BCUT2D eigenvalue weighted by Crippen LogP contribution is -2.12. The Labute approximate surface area is 92.7 Å². The van der Waals surface area contributed by atoms with Gasteiger partial charge >= 0.3 is 5.97 Å². The summed E-state index contributed by atoms with van der Waals surface area (Å²) in [6.45, 7) is 6.28. The van der Waals surface area contributed by atoms with Gasteiger partial charge in [-0.1, -0.05) is 38.3 Å². The van der Waals surface area contributed by atoms with Crippen LogP contribution in [-0.2, 0) is 9.53 Å². The molecule has 2 heteroatoms. The first kappa shape index (κ1) is 12.3. The van der Waals surface area contributed by atoms with Crippen molar-refractivity contribution in [2.24, 2.45) is 11.8 Å². The largest absolute Gasteiger partial charge is 0.469 e. The van der Waals surface area contributed by atoms with Gasteiger partial charge in [-0.2, -0.15) is 0 Å². The van der Waals surface area contributed by atoms with Crippen molar-refractivity contribution in [1.82, 2.24) is 0 Å². The molecule has 15 heavy (non-hydrogen) atoms. The first-order chi connectivity index (χ1) is 7.19. The standard InChI is InChI=1S/C13H22O2/c1-4-5-6-7-11-9-12(8-10(11)2)13(14)15-3/h11-12H,2,4-9H2,1,3H3/t11-,12-/m0/s1. The van der Waals surface area contributed by atoms with Crippen molar-refractivity contribution < 1.29 is 9.53 Å². The SMILES string of the molecule is C=C1C[C@H](C(=O)OC)C[C@@H]1CCCCC. The molecule has 86 valence electrons. The average molecular weight is 210 g/mol. The van der Waals surface area contributed by atoms with Gasteiger partial charge in [-0.05, 0) is 25.2 Å². The molecule has 0 spiro atoms. The predicted octanol–water partition coefficient (Wildman–Crippen LogP) is 3.32. The second-order valence-corrected chi connectivity index (χ2v) is 4.51. The second kappa shape index (κ2) is 5.94. The Bertz CT molecular complexity index is 233. The van der Waals surface area contributed by atoms with Crippen molar-refractivity contribution in [1.29, 1.82) is 0 Å². The summed E-state index contributed by atoms with van der Waals surface area (Å²) in [6, 6.07) is 0. The van der Waals surface area contributed by atoms with E-state index in [1.54, 1.807) is 0 Å². The molecule has 0 saturated heterocycles. The average Bonchev–Trinajstić information content (AvgIpc) is 2.60. The van der Waals surface area contributed by atoms with Gasteiger partial charge < -0.3 is 4.74 Å². The van der Waals surface area contributed by atoms with Crippen LogP contribution in [0.1, 0.15) is 45.4 Å². The highest BCUT2D eigenvalue weighted by atomic mass is 16.5. The molecule has 0 heterocycles. The molecule has 1 aliphatic carbocycles. The zero-order valence-corrected chi connectivity index (χ0v) is 9.92. The molecule has 0 radical (unpaired) electrons. The van der Waals surface area contributed by atoms with E-state index in [9.17, 15) is 4.79 Å². The van der Waals surface area contributed by atoms with Crippen molar-refractivity contribution in [3.63, 3.8) is 0 Å². The first-order valence-corrected chi connectivity index (χ1v) is 5.94. The number of hydrogen-bond acceptors (Lipinski definition) is 2. The molecular weight excluding hydrogens is 188 g/mol. The van der Waals surface area contributed by atoms with Gasteiger partial charge in [-0.15, -0.1) is 0 Å². The van der Waals surface area contributed by atoms with Gasteiger partial charge in [-0.3, -0.25) is 4.79 Å². The molecule has 1 saturated carbocycles. The quantitative estimate of drug-likeness (QED) is 0.395. The lowest BCUT2D eigenvalue weighted by molar-refractivity contribution is -0.145. The Morgan fingerprint density at radius 2 is 2.27 bits per heavy atom. The summed E-state index contributed by atoms with van der Waals surface area (Å²) >= 11 is 0. The monoisotopic (exact) mass is 210 g/mol. The summed E-state index contributed by atoms with van der Waals surface area (Å²) < 4.78 is 4.78. The lowest BCUT2D eigenvalue weighted by Gasteiger charge is -2.10. The predicted molar refractivity (Wildman–Crippen MR) is 61.5 cm³/mol. The zero-order valence-electron chi connectivity index (χ0n) is 9.92. The van der Waals surface area contributed by atoms with Crippen LogP contribution in [0.5, 0.6) is 0 Å². The first-order valence-electron chi connectivity index (χ1n) is 5.94. The van der Waals surface area contributed by atoms with E-state index >= 15 is 0 Å². The van der Waals surface area contributed by atoms with E-state index in [-0.39, 0.29) is 11.9 Å². The van der Waals surface area contributed by atoms with Crippen molar-refractivity contribution in [2.75, 3.05) is 7.11 Å². The molecule has 1 aliphatic rings. The Kier molecular flexibility index (Phi) is 4.86. The third-order valence-electron chi connectivity index (χ3n) is 3.35. The number of carbonyl (C=O) groups excluding carboxylic acids is 1. The Morgan fingerprint density at radius 1 is 1.53 bits per heavy atom. The van der Waals surface area contributed by atoms with Gasteiger partial charge in [0.1, 0.15) is 0 Å². The fourth-order valence-electron chi connectivity index (χ4n) is 2.39. The summed E-state index contributed by atoms with van der Waals surface area (Å²) in [5.41, 5.74) is 1.25. The summed E-state index contributed by atoms with van der Waals surface area (Å²) in [5.74, 6) is 0.573. The lowest BCUT2D eigenvalue weighted by atomic mass is 9.96. The molecule has 0 N–H and O–H groups in total. The molecule has 0 aliphatic heterocycles. The fourth-order valence-corrected chi connectivity index (χ4v) is 2.39. The van der Waals surface area contributed by atoms with E-state index in [1.165, 1.54) is 38.4 Å². The maximum Gasteiger partial charge on any atom is 0.308 e. The van der Waals surface area contributed by atoms with Crippen LogP contribution in [0, 0.1) is 11.8 Å².